The third-order valence-corrected chi connectivity index (χ3v) is 5.92. The number of fused-ring (bicyclic) bond motifs is 2. The van der Waals surface area contributed by atoms with E-state index in [2.05, 4.69) is 52.6 Å². The lowest BCUT2D eigenvalue weighted by atomic mass is 9.99. The van der Waals surface area contributed by atoms with Gasteiger partial charge in [0.1, 0.15) is 11.4 Å². The molecular formula is C26H28N4O. The molecule has 2 N–H and O–H groups in total. The first-order valence-electron chi connectivity index (χ1n) is 11.0. The van der Waals surface area contributed by atoms with Crippen LogP contribution in [0.1, 0.15) is 30.2 Å². The number of ether oxygens (including phenoxy) is 1. The molecule has 1 aliphatic heterocycles. The van der Waals surface area contributed by atoms with Gasteiger partial charge in [0.15, 0.2) is 0 Å². The maximum absolute atomic E-state index is 6.12. The first kappa shape index (κ1) is 19.6. The Bertz CT molecular complexity index is 1200. The number of nitrogen functional groups attached to an aromatic ring is 1. The summed E-state index contributed by atoms with van der Waals surface area (Å²) in [6.07, 6.45) is 4.06. The van der Waals surface area contributed by atoms with Crippen molar-refractivity contribution in [3.05, 3.63) is 83.7 Å². The van der Waals surface area contributed by atoms with Crippen LogP contribution in [0.3, 0.4) is 0 Å². The lowest BCUT2D eigenvalue weighted by molar-refractivity contribution is 0.242. The smallest absolute Gasteiger partial charge is 0.137 e. The molecule has 4 aromatic rings. The summed E-state index contributed by atoms with van der Waals surface area (Å²) in [5.74, 6) is 0.896. The molecular weight excluding hydrogens is 384 g/mol. The van der Waals surface area contributed by atoms with E-state index in [-0.39, 0.29) is 0 Å². The Hall–Kier alpha value is -3.31. The molecule has 2 aromatic carbocycles. The molecule has 5 rings (SSSR count). The lowest BCUT2D eigenvalue weighted by Crippen LogP contribution is -2.30. The zero-order valence-corrected chi connectivity index (χ0v) is 17.9. The summed E-state index contributed by atoms with van der Waals surface area (Å²) in [6, 6.07) is 20.9. The summed E-state index contributed by atoms with van der Waals surface area (Å²) in [5, 5.41) is 0. The molecule has 5 heteroatoms. The highest BCUT2D eigenvalue weighted by Crippen LogP contribution is 2.29. The summed E-state index contributed by atoms with van der Waals surface area (Å²) in [7, 11) is 0. The molecule has 1 aliphatic rings. The summed E-state index contributed by atoms with van der Waals surface area (Å²) in [5.41, 5.74) is 13.9. The van der Waals surface area contributed by atoms with Gasteiger partial charge in [0, 0.05) is 37.1 Å². The van der Waals surface area contributed by atoms with Crippen molar-refractivity contribution in [3.63, 3.8) is 0 Å². The highest BCUT2D eigenvalue weighted by Gasteiger charge is 2.21. The van der Waals surface area contributed by atoms with Crippen molar-refractivity contribution >= 4 is 11.3 Å². The minimum absolute atomic E-state index is 0.731. The first-order chi connectivity index (χ1) is 15.2. The third-order valence-electron chi connectivity index (χ3n) is 5.92. The summed E-state index contributed by atoms with van der Waals surface area (Å²) in [4.78, 5) is 7.46. The van der Waals surface area contributed by atoms with Crippen LogP contribution in [0.4, 0.5) is 5.69 Å². The topological polar surface area (TPSA) is 55.8 Å². The number of hydrogen-bond acceptors (Lipinski definition) is 4. The van der Waals surface area contributed by atoms with Crippen LogP contribution < -0.4 is 10.5 Å². The zero-order chi connectivity index (χ0) is 21.2. The second-order valence-electron chi connectivity index (χ2n) is 8.20. The number of anilines is 1. The monoisotopic (exact) mass is 412 g/mol. The van der Waals surface area contributed by atoms with E-state index in [0.717, 1.165) is 67.4 Å². The van der Waals surface area contributed by atoms with Gasteiger partial charge in [-0.15, -0.1) is 0 Å². The van der Waals surface area contributed by atoms with E-state index in [9.17, 15) is 0 Å². The average molecular weight is 413 g/mol. The standard InChI is InChI=1S/C26H28N4O/c1-2-15-31-23-10-7-20(8-11-23)26-24(30-17-22(27)9-12-25(30)28-26)18-29-14-13-19-5-3-4-6-21(19)16-29/h3-12,17H,2,13-16,18,27H2,1H3. The number of aromatic nitrogens is 2. The van der Waals surface area contributed by atoms with Gasteiger partial charge in [-0.25, -0.2) is 4.98 Å². The van der Waals surface area contributed by atoms with Crippen LogP contribution >= 0.6 is 0 Å². The molecule has 0 fully saturated rings. The molecule has 5 nitrogen and oxygen atoms in total. The molecule has 158 valence electrons. The average Bonchev–Trinajstić information content (AvgIpc) is 3.15. The molecule has 0 aliphatic carbocycles. The van der Waals surface area contributed by atoms with Gasteiger partial charge in [0.25, 0.3) is 0 Å². The Morgan fingerprint density at radius 2 is 1.81 bits per heavy atom. The predicted molar refractivity (Wildman–Crippen MR) is 125 cm³/mol. The highest BCUT2D eigenvalue weighted by molar-refractivity contribution is 5.68. The lowest BCUT2D eigenvalue weighted by Gasteiger charge is -2.28. The fourth-order valence-electron chi connectivity index (χ4n) is 4.32. The van der Waals surface area contributed by atoms with Crippen molar-refractivity contribution in [2.24, 2.45) is 0 Å². The molecule has 0 saturated heterocycles. The third kappa shape index (κ3) is 4.01. The van der Waals surface area contributed by atoms with Crippen LogP contribution in [0.25, 0.3) is 16.9 Å². The van der Waals surface area contributed by atoms with Crippen LogP contribution in [0, 0.1) is 0 Å². The fraction of sp³-hybridized carbons (Fsp3) is 0.269. The van der Waals surface area contributed by atoms with Crippen molar-refractivity contribution in [2.75, 3.05) is 18.9 Å². The second-order valence-corrected chi connectivity index (χ2v) is 8.20. The Kier molecular flexibility index (Phi) is 5.35. The van der Waals surface area contributed by atoms with Gasteiger partial charge in [-0.2, -0.15) is 0 Å². The maximum Gasteiger partial charge on any atom is 0.137 e. The molecule has 31 heavy (non-hydrogen) atoms. The van der Waals surface area contributed by atoms with E-state index in [1.54, 1.807) is 0 Å². The summed E-state index contributed by atoms with van der Waals surface area (Å²) in [6.45, 7) is 5.66. The van der Waals surface area contributed by atoms with Crippen molar-refractivity contribution < 1.29 is 4.74 Å². The van der Waals surface area contributed by atoms with Gasteiger partial charge in [0.05, 0.1) is 18.0 Å². The Morgan fingerprint density at radius 3 is 2.61 bits per heavy atom. The molecule has 0 amide bonds. The molecule has 0 saturated carbocycles. The highest BCUT2D eigenvalue weighted by atomic mass is 16.5. The van der Waals surface area contributed by atoms with Crippen molar-refractivity contribution in [1.82, 2.24) is 14.3 Å². The number of hydrogen-bond donors (Lipinski definition) is 1. The van der Waals surface area contributed by atoms with Gasteiger partial charge in [0.2, 0.25) is 0 Å². The van der Waals surface area contributed by atoms with Gasteiger partial charge >= 0.3 is 0 Å². The van der Waals surface area contributed by atoms with Crippen molar-refractivity contribution in [3.8, 4) is 17.0 Å². The van der Waals surface area contributed by atoms with Crippen LogP contribution in [0.5, 0.6) is 5.75 Å². The Morgan fingerprint density at radius 1 is 1.00 bits per heavy atom. The zero-order valence-electron chi connectivity index (χ0n) is 17.9. The Labute approximate surface area is 183 Å². The molecule has 3 heterocycles. The van der Waals surface area contributed by atoms with Crippen LogP contribution in [-0.4, -0.2) is 27.4 Å². The van der Waals surface area contributed by atoms with Crippen molar-refractivity contribution in [2.45, 2.75) is 32.9 Å². The molecule has 2 aromatic heterocycles. The predicted octanol–water partition coefficient (Wildman–Crippen LogP) is 4.93. The Balaban J connectivity index is 1.50. The molecule has 0 spiro atoms. The van der Waals surface area contributed by atoms with Crippen LogP contribution in [-0.2, 0) is 19.5 Å². The van der Waals surface area contributed by atoms with E-state index >= 15 is 0 Å². The number of benzene rings is 2. The van der Waals surface area contributed by atoms with E-state index < -0.39 is 0 Å². The SMILES string of the molecule is CCCOc1ccc(-c2nc3ccc(N)cn3c2CN2CCc3ccccc3C2)cc1. The quantitative estimate of drug-likeness (QED) is 0.488. The van der Waals surface area contributed by atoms with Crippen LogP contribution in [0.2, 0.25) is 0 Å². The molecule has 0 radical (unpaired) electrons. The molecule has 0 bridgehead atoms. The minimum Gasteiger partial charge on any atom is -0.494 e. The number of rotatable bonds is 6. The number of nitrogens with zero attached hydrogens (tertiary/aromatic N) is 3. The van der Waals surface area contributed by atoms with E-state index in [4.69, 9.17) is 15.5 Å². The normalized spacial score (nSPS) is 14.0. The number of nitrogens with two attached hydrogens (primary N) is 1. The summed E-state index contributed by atoms with van der Waals surface area (Å²) < 4.78 is 7.90. The summed E-state index contributed by atoms with van der Waals surface area (Å²) >= 11 is 0. The van der Waals surface area contributed by atoms with E-state index in [1.165, 1.54) is 16.8 Å². The van der Waals surface area contributed by atoms with Crippen LogP contribution in [0.15, 0.2) is 66.9 Å². The maximum atomic E-state index is 6.12. The van der Waals surface area contributed by atoms with Gasteiger partial charge in [-0.3, -0.25) is 4.90 Å². The van der Waals surface area contributed by atoms with Gasteiger partial charge in [-0.1, -0.05) is 31.2 Å². The van der Waals surface area contributed by atoms with E-state index in [0.29, 0.717) is 0 Å². The second kappa shape index (κ2) is 8.44. The number of imidazole rings is 1. The molecule has 0 atom stereocenters. The van der Waals surface area contributed by atoms with Crippen molar-refractivity contribution in [1.29, 1.82) is 0 Å². The fourth-order valence-corrected chi connectivity index (χ4v) is 4.32. The van der Waals surface area contributed by atoms with Gasteiger partial charge in [-0.05, 0) is 60.4 Å². The largest absolute Gasteiger partial charge is 0.494 e. The first-order valence-corrected chi connectivity index (χ1v) is 11.0. The van der Waals surface area contributed by atoms with E-state index in [1.807, 2.05) is 30.5 Å². The molecule has 0 unspecified atom stereocenters. The number of pyridine rings is 1. The van der Waals surface area contributed by atoms with Gasteiger partial charge < -0.3 is 14.9 Å². The minimum atomic E-state index is 0.731.